The van der Waals surface area contributed by atoms with Crippen LogP contribution in [-0.2, 0) is 6.54 Å². The third-order valence-electron chi connectivity index (χ3n) is 5.29. The smallest absolute Gasteiger partial charge is 0.329 e. The van der Waals surface area contributed by atoms with Crippen molar-refractivity contribution in [3.63, 3.8) is 0 Å². The molecule has 156 valence electrons. The molecule has 1 aliphatic rings. The number of benzene rings is 1. The van der Waals surface area contributed by atoms with E-state index in [9.17, 15) is 14.5 Å². The summed E-state index contributed by atoms with van der Waals surface area (Å²) in [6, 6.07) is 4.70. The van der Waals surface area contributed by atoms with Crippen molar-refractivity contribution in [3.8, 4) is 0 Å². The summed E-state index contributed by atoms with van der Waals surface area (Å²) in [5.41, 5.74) is 5.88. The Kier molecular flexibility index (Phi) is 7.16. The highest BCUT2D eigenvalue weighted by Crippen LogP contribution is 2.29. The predicted octanol–water partition coefficient (Wildman–Crippen LogP) is 3.97. The second-order valence-electron chi connectivity index (χ2n) is 7.25. The molecule has 0 amide bonds. The number of hydrogen-bond acceptors (Lipinski definition) is 7. The van der Waals surface area contributed by atoms with E-state index in [0.29, 0.717) is 30.5 Å². The lowest BCUT2D eigenvalue weighted by atomic mass is 9.82. The van der Waals surface area contributed by atoms with Gasteiger partial charge >= 0.3 is 5.69 Å². The fourth-order valence-electron chi connectivity index (χ4n) is 3.50. The molecular weight excluding hydrogens is 399 g/mol. The maximum absolute atomic E-state index is 14.0. The Morgan fingerprint density at radius 3 is 2.66 bits per heavy atom. The molecule has 2 aromatic rings. The van der Waals surface area contributed by atoms with Crippen molar-refractivity contribution in [3.05, 3.63) is 50.9 Å². The summed E-state index contributed by atoms with van der Waals surface area (Å²) in [7, 11) is 0. The Hall–Kier alpha value is -2.52. The van der Waals surface area contributed by atoms with Gasteiger partial charge in [0.25, 0.3) is 0 Å². The van der Waals surface area contributed by atoms with Crippen LogP contribution in [0, 0.1) is 27.8 Å². The standard InChI is InChI=1S/C19H24ClFN6O2/c20-15-3-1-2-14(17(15)21)10-24-19-25-11-16(27(28)29)18(26-19)23-9-13-6-4-12(8-22)5-7-13/h1-3,11-13H,4-10,22H2,(H2,23,24,25,26). The molecule has 1 aromatic heterocycles. The zero-order valence-corrected chi connectivity index (χ0v) is 16.7. The monoisotopic (exact) mass is 422 g/mol. The minimum Gasteiger partial charge on any atom is -0.364 e. The van der Waals surface area contributed by atoms with Gasteiger partial charge in [-0.25, -0.2) is 9.37 Å². The fourth-order valence-corrected chi connectivity index (χ4v) is 3.69. The number of rotatable bonds is 8. The molecule has 0 spiro atoms. The normalized spacial score (nSPS) is 19.0. The second kappa shape index (κ2) is 9.80. The number of aromatic nitrogens is 2. The summed E-state index contributed by atoms with van der Waals surface area (Å²) < 4.78 is 14.0. The zero-order valence-electron chi connectivity index (χ0n) is 15.9. The Labute approximate surface area is 173 Å². The van der Waals surface area contributed by atoms with Gasteiger partial charge in [0.05, 0.1) is 9.95 Å². The highest BCUT2D eigenvalue weighted by molar-refractivity contribution is 6.30. The van der Waals surface area contributed by atoms with Crippen LogP contribution < -0.4 is 16.4 Å². The maximum Gasteiger partial charge on any atom is 0.329 e. The van der Waals surface area contributed by atoms with E-state index >= 15 is 0 Å². The summed E-state index contributed by atoms with van der Waals surface area (Å²) in [5.74, 6) is 0.797. The van der Waals surface area contributed by atoms with Gasteiger partial charge in [-0.15, -0.1) is 0 Å². The molecule has 0 atom stereocenters. The van der Waals surface area contributed by atoms with Gasteiger partial charge in [0.1, 0.15) is 12.0 Å². The lowest BCUT2D eigenvalue weighted by Crippen LogP contribution is -2.25. The van der Waals surface area contributed by atoms with E-state index in [-0.39, 0.29) is 29.0 Å². The molecule has 0 saturated heterocycles. The molecule has 0 radical (unpaired) electrons. The summed E-state index contributed by atoms with van der Waals surface area (Å²) >= 11 is 5.78. The van der Waals surface area contributed by atoms with Gasteiger partial charge in [-0.05, 0) is 50.1 Å². The molecule has 1 aromatic carbocycles. The van der Waals surface area contributed by atoms with E-state index < -0.39 is 10.7 Å². The molecule has 8 nitrogen and oxygen atoms in total. The minimum absolute atomic E-state index is 0.0284. The third-order valence-corrected chi connectivity index (χ3v) is 5.58. The molecule has 1 heterocycles. The molecule has 0 aliphatic heterocycles. The van der Waals surface area contributed by atoms with E-state index in [1.165, 1.54) is 6.07 Å². The summed E-state index contributed by atoms with van der Waals surface area (Å²) in [6.07, 6.45) is 5.37. The first kappa shape index (κ1) is 21.2. The highest BCUT2D eigenvalue weighted by atomic mass is 35.5. The maximum atomic E-state index is 14.0. The Morgan fingerprint density at radius 1 is 1.24 bits per heavy atom. The number of nitrogens with one attached hydrogen (secondary N) is 2. The van der Waals surface area contributed by atoms with Crippen molar-refractivity contribution < 1.29 is 9.31 Å². The number of hydrogen-bond donors (Lipinski definition) is 3. The lowest BCUT2D eigenvalue weighted by molar-refractivity contribution is -0.384. The first-order valence-corrected chi connectivity index (χ1v) is 9.97. The van der Waals surface area contributed by atoms with Crippen molar-refractivity contribution >= 4 is 29.1 Å². The fraction of sp³-hybridized carbons (Fsp3) is 0.474. The zero-order chi connectivity index (χ0) is 20.8. The largest absolute Gasteiger partial charge is 0.364 e. The van der Waals surface area contributed by atoms with Crippen LogP contribution >= 0.6 is 11.6 Å². The molecule has 1 saturated carbocycles. The first-order valence-electron chi connectivity index (χ1n) is 9.60. The molecule has 1 aliphatic carbocycles. The molecule has 10 heteroatoms. The molecule has 0 bridgehead atoms. The molecule has 4 N–H and O–H groups in total. The molecule has 0 unspecified atom stereocenters. The van der Waals surface area contributed by atoms with Crippen LogP contribution in [0.1, 0.15) is 31.2 Å². The molecular formula is C19H24ClFN6O2. The van der Waals surface area contributed by atoms with E-state index in [2.05, 4.69) is 20.6 Å². The Balaban J connectivity index is 1.66. The topological polar surface area (TPSA) is 119 Å². The summed E-state index contributed by atoms with van der Waals surface area (Å²) in [5, 5.41) is 17.3. The Bertz CT molecular complexity index is 861. The predicted molar refractivity (Wildman–Crippen MR) is 110 cm³/mol. The van der Waals surface area contributed by atoms with E-state index in [1.54, 1.807) is 12.1 Å². The van der Waals surface area contributed by atoms with Crippen LogP contribution in [-0.4, -0.2) is 28.0 Å². The van der Waals surface area contributed by atoms with E-state index in [0.717, 1.165) is 31.9 Å². The number of anilines is 2. The van der Waals surface area contributed by atoms with Gasteiger partial charge in [0.2, 0.25) is 11.8 Å². The average Bonchev–Trinajstić information content (AvgIpc) is 2.73. The second-order valence-corrected chi connectivity index (χ2v) is 7.66. The van der Waals surface area contributed by atoms with Crippen molar-refractivity contribution in [2.24, 2.45) is 17.6 Å². The van der Waals surface area contributed by atoms with Gasteiger partial charge in [-0.1, -0.05) is 23.7 Å². The van der Waals surface area contributed by atoms with Gasteiger partial charge < -0.3 is 16.4 Å². The van der Waals surface area contributed by atoms with Crippen LogP contribution in [0.25, 0.3) is 0 Å². The first-order chi connectivity index (χ1) is 14.0. The molecule has 3 rings (SSSR count). The lowest BCUT2D eigenvalue weighted by Gasteiger charge is -2.27. The van der Waals surface area contributed by atoms with E-state index in [4.69, 9.17) is 17.3 Å². The quantitative estimate of drug-likeness (QED) is 0.435. The van der Waals surface area contributed by atoms with Crippen molar-refractivity contribution in [2.45, 2.75) is 32.2 Å². The van der Waals surface area contributed by atoms with Crippen LogP contribution in [0.3, 0.4) is 0 Å². The van der Waals surface area contributed by atoms with Crippen molar-refractivity contribution in [2.75, 3.05) is 23.7 Å². The number of nitrogens with zero attached hydrogens (tertiary/aromatic N) is 3. The number of halogens is 2. The van der Waals surface area contributed by atoms with Crippen molar-refractivity contribution in [1.29, 1.82) is 0 Å². The average molecular weight is 423 g/mol. The number of nitro groups is 1. The summed E-state index contributed by atoms with van der Waals surface area (Å²) in [4.78, 5) is 19.0. The van der Waals surface area contributed by atoms with Crippen LogP contribution in [0.2, 0.25) is 5.02 Å². The minimum atomic E-state index is -0.520. The molecule has 29 heavy (non-hydrogen) atoms. The third kappa shape index (κ3) is 5.51. The van der Waals surface area contributed by atoms with E-state index in [1.807, 2.05) is 0 Å². The van der Waals surface area contributed by atoms with Crippen LogP contribution in [0.15, 0.2) is 24.4 Å². The van der Waals surface area contributed by atoms with Gasteiger partial charge in [0, 0.05) is 18.7 Å². The van der Waals surface area contributed by atoms with Crippen molar-refractivity contribution in [1.82, 2.24) is 9.97 Å². The Morgan fingerprint density at radius 2 is 1.97 bits per heavy atom. The summed E-state index contributed by atoms with van der Waals surface area (Å²) in [6.45, 7) is 1.41. The number of nitrogens with two attached hydrogens (primary N) is 1. The van der Waals surface area contributed by atoms with Gasteiger partial charge in [-0.2, -0.15) is 4.98 Å². The van der Waals surface area contributed by atoms with Crippen LogP contribution in [0.5, 0.6) is 0 Å². The SMILES string of the molecule is NCC1CCC(CNc2nc(NCc3cccc(Cl)c3F)ncc2[N+](=O)[O-])CC1. The van der Waals surface area contributed by atoms with Gasteiger partial charge in [0.15, 0.2) is 0 Å². The molecule has 1 fully saturated rings. The van der Waals surface area contributed by atoms with Crippen LogP contribution in [0.4, 0.5) is 21.8 Å². The van der Waals surface area contributed by atoms with Gasteiger partial charge in [-0.3, -0.25) is 10.1 Å². The highest BCUT2D eigenvalue weighted by Gasteiger charge is 2.22.